The van der Waals surface area contributed by atoms with E-state index in [4.69, 9.17) is 14.2 Å². The summed E-state index contributed by atoms with van der Waals surface area (Å²) in [6, 6.07) is 7.00. The van der Waals surface area contributed by atoms with Crippen LogP contribution in [0.4, 0.5) is 0 Å². The number of hydrogen-bond donors (Lipinski definition) is 0. The van der Waals surface area contributed by atoms with Crippen LogP contribution in [0, 0.1) is 0 Å². The zero-order valence-electron chi connectivity index (χ0n) is 12.4. The van der Waals surface area contributed by atoms with Gasteiger partial charge in [0.1, 0.15) is 26.1 Å². The third kappa shape index (κ3) is 2.80. The lowest BCUT2D eigenvalue weighted by Gasteiger charge is -2.19. The molecule has 1 aliphatic rings. The zero-order chi connectivity index (χ0) is 16.5. The molecule has 0 saturated carbocycles. The summed E-state index contributed by atoms with van der Waals surface area (Å²) in [6.07, 6.45) is 3.17. The van der Waals surface area contributed by atoms with E-state index >= 15 is 0 Å². The number of benzene rings is 1. The molecule has 122 valence electrons. The lowest BCUT2D eigenvalue weighted by Crippen LogP contribution is -2.15. The van der Waals surface area contributed by atoms with Crippen molar-refractivity contribution in [3.8, 4) is 11.5 Å². The highest BCUT2D eigenvalue weighted by Gasteiger charge is 2.16. The highest BCUT2D eigenvalue weighted by molar-refractivity contribution is 9.10. The van der Waals surface area contributed by atoms with Crippen LogP contribution in [0.5, 0.6) is 11.5 Å². The van der Waals surface area contributed by atoms with Gasteiger partial charge in [-0.3, -0.25) is 4.40 Å². The Morgan fingerprint density at radius 3 is 2.88 bits per heavy atom. The van der Waals surface area contributed by atoms with Crippen LogP contribution in [0.1, 0.15) is 15.9 Å². The second-order valence-electron chi connectivity index (χ2n) is 5.18. The van der Waals surface area contributed by atoms with Gasteiger partial charge in [-0.05, 0) is 24.3 Å². The quantitative estimate of drug-likeness (QED) is 0.641. The van der Waals surface area contributed by atoms with E-state index in [1.807, 2.05) is 12.1 Å². The Kier molecular flexibility index (Phi) is 3.81. The predicted octanol–water partition coefficient (Wildman–Crippen LogP) is 2.62. The summed E-state index contributed by atoms with van der Waals surface area (Å²) in [5.41, 5.74) is 1.90. The van der Waals surface area contributed by atoms with Gasteiger partial charge in [-0.15, -0.1) is 10.2 Å². The Morgan fingerprint density at radius 1 is 1.25 bits per heavy atom. The first-order valence-corrected chi connectivity index (χ1v) is 8.04. The molecular formula is C16H12BrN3O4. The zero-order valence-corrected chi connectivity index (χ0v) is 14.0. The molecule has 0 amide bonds. The molecule has 0 bridgehead atoms. The lowest BCUT2D eigenvalue weighted by atomic mass is 10.2. The van der Waals surface area contributed by atoms with Crippen molar-refractivity contribution in [2.45, 2.75) is 6.61 Å². The number of pyridine rings is 1. The fourth-order valence-electron chi connectivity index (χ4n) is 2.39. The van der Waals surface area contributed by atoms with Crippen molar-refractivity contribution in [3.63, 3.8) is 0 Å². The fourth-order valence-corrected chi connectivity index (χ4v) is 2.83. The van der Waals surface area contributed by atoms with Gasteiger partial charge in [0.25, 0.3) is 0 Å². The topological polar surface area (TPSA) is 75.0 Å². The van der Waals surface area contributed by atoms with E-state index in [1.54, 1.807) is 22.7 Å². The van der Waals surface area contributed by atoms with E-state index < -0.39 is 5.97 Å². The van der Waals surface area contributed by atoms with Crippen LogP contribution >= 0.6 is 15.9 Å². The monoisotopic (exact) mass is 389 g/mol. The molecule has 0 atom stereocenters. The second-order valence-corrected chi connectivity index (χ2v) is 6.03. The number of aromatic nitrogens is 3. The molecule has 0 unspecified atom stereocenters. The number of carbonyl (C=O) groups is 1. The van der Waals surface area contributed by atoms with Gasteiger partial charge in [-0.25, -0.2) is 4.79 Å². The molecule has 0 aliphatic carbocycles. The average molecular weight is 390 g/mol. The minimum atomic E-state index is -0.424. The smallest absolute Gasteiger partial charge is 0.339 e. The SMILES string of the molecule is O=C(OCc1cc2c(cc1Br)OCCO2)c1ccc2nncn2c1. The van der Waals surface area contributed by atoms with Gasteiger partial charge in [0.05, 0.1) is 5.56 Å². The van der Waals surface area contributed by atoms with Crippen molar-refractivity contribution in [2.24, 2.45) is 0 Å². The summed E-state index contributed by atoms with van der Waals surface area (Å²) in [7, 11) is 0. The number of hydrogen-bond acceptors (Lipinski definition) is 6. The van der Waals surface area contributed by atoms with Gasteiger partial charge in [-0.1, -0.05) is 15.9 Å². The maximum absolute atomic E-state index is 12.2. The van der Waals surface area contributed by atoms with Gasteiger partial charge >= 0.3 is 5.97 Å². The number of rotatable bonds is 3. The molecule has 0 N–H and O–H groups in total. The number of esters is 1. The highest BCUT2D eigenvalue weighted by Crippen LogP contribution is 2.35. The van der Waals surface area contributed by atoms with Gasteiger partial charge in [0.2, 0.25) is 0 Å². The molecule has 3 heterocycles. The first kappa shape index (κ1) is 14.9. The normalized spacial score (nSPS) is 13.0. The van der Waals surface area contributed by atoms with Gasteiger partial charge < -0.3 is 14.2 Å². The van der Waals surface area contributed by atoms with E-state index in [0.29, 0.717) is 35.9 Å². The number of carbonyl (C=O) groups excluding carboxylic acids is 1. The van der Waals surface area contributed by atoms with Crippen molar-refractivity contribution in [1.82, 2.24) is 14.6 Å². The summed E-state index contributed by atoms with van der Waals surface area (Å²) < 4.78 is 18.9. The molecular weight excluding hydrogens is 378 g/mol. The van der Waals surface area contributed by atoms with Gasteiger partial charge in [0.15, 0.2) is 17.1 Å². The number of fused-ring (bicyclic) bond motifs is 2. The molecule has 7 nitrogen and oxygen atoms in total. The molecule has 0 radical (unpaired) electrons. The maximum Gasteiger partial charge on any atom is 0.339 e. The third-order valence-corrected chi connectivity index (χ3v) is 4.33. The molecule has 0 spiro atoms. The largest absolute Gasteiger partial charge is 0.486 e. The lowest BCUT2D eigenvalue weighted by molar-refractivity contribution is 0.0470. The summed E-state index contributed by atoms with van der Waals surface area (Å²) in [5.74, 6) is 0.912. The van der Waals surface area contributed by atoms with Crippen LogP contribution < -0.4 is 9.47 Å². The van der Waals surface area contributed by atoms with Crippen LogP contribution in [0.15, 0.2) is 41.3 Å². The van der Waals surface area contributed by atoms with Crippen molar-refractivity contribution >= 4 is 27.5 Å². The van der Waals surface area contributed by atoms with Crippen LogP contribution in [0.2, 0.25) is 0 Å². The predicted molar refractivity (Wildman–Crippen MR) is 87.2 cm³/mol. The Labute approximate surface area is 145 Å². The summed E-state index contributed by atoms with van der Waals surface area (Å²) in [5, 5.41) is 7.67. The van der Waals surface area contributed by atoms with Crippen LogP contribution in [0.25, 0.3) is 5.65 Å². The molecule has 1 aliphatic heterocycles. The van der Waals surface area contributed by atoms with E-state index in [-0.39, 0.29) is 6.61 Å². The molecule has 2 aromatic heterocycles. The first-order chi connectivity index (χ1) is 11.7. The van der Waals surface area contributed by atoms with Crippen molar-refractivity contribution in [2.75, 3.05) is 13.2 Å². The van der Waals surface area contributed by atoms with Crippen molar-refractivity contribution < 1.29 is 19.0 Å². The molecule has 24 heavy (non-hydrogen) atoms. The summed E-state index contributed by atoms with van der Waals surface area (Å²) in [4.78, 5) is 12.2. The number of ether oxygens (including phenoxy) is 3. The molecule has 0 fully saturated rings. The Hall–Kier alpha value is -2.61. The molecule has 3 aromatic rings. The Morgan fingerprint density at radius 2 is 2.04 bits per heavy atom. The first-order valence-electron chi connectivity index (χ1n) is 7.25. The summed E-state index contributed by atoms with van der Waals surface area (Å²) >= 11 is 3.46. The Bertz CT molecular complexity index is 925. The summed E-state index contributed by atoms with van der Waals surface area (Å²) in [6.45, 7) is 1.16. The van der Waals surface area contributed by atoms with Crippen molar-refractivity contribution in [3.05, 3.63) is 52.4 Å². The van der Waals surface area contributed by atoms with Crippen molar-refractivity contribution in [1.29, 1.82) is 0 Å². The molecule has 8 heteroatoms. The average Bonchev–Trinajstić information content (AvgIpc) is 3.07. The molecule has 4 rings (SSSR count). The van der Waals surface area contributed by atoms with Gasteiger partial charge in [0, 0.05) is 16.2 Å². The van der Waals surface area contributed by atoms with E-state index in [1.165, 1.54) is 6.33 Å². The van der Waals surface area contributed by atoms with Crippen LogP contribution in [0.3, 0.4) is 0 Å². The van der Waals surface area contributed by atoms with E-state index in [2.05, 4.69) is 26.1 Å². The van der Waals surface area contributed by atoms with Gasteiger partial charge in [-0.2, -0.15) is 0 Å². The minimum Gasteiger partial charge on any atom is -0.486 e. The third-order valence-electron chi connectivity index (χ3n) is 3.60. The second kappa shape index (κ2) is 6.12. The van der Waals surface area contributed by atoms with Crippen LogP contribution in [-0.2, 0) is 11.3 Å². The molecule has 1 aromatic carbocycles. The fraction of sp³-hybridized carbons (Fsp3) is 0.188. The van der Waals surface area contributed by atoms with Crippen LogP contribution in [-0.4, -0.2) is 33.8 Å². The highest BCUT2D eigenvalue weighted by atomic mass is 79.9. The minimum absolute atomic E-state index is 0.121. The number of nitrogens with zero attached hydrogens (tertiary/aromatic N) is 3. The Balaban J connectivity index is 1.50. The standard InChI is InChI=1S/C16H12BrN3O4/c17-12-6-14-13(22-3-4-23-14)5-11(12)8-24-16(21)10-1-2-15-19-18-9-20(15)7-10/h1-2,5-7,9H,3-4,8H2. The van der Waals surface area contributed by atoms with E-state index in [9.17, 15) is 4.79 Å². The maximum atomic E-state index is 12.2. The van der Waals surface area contributed by atoms with E-state index in [0.717, 1.165) is 10.0 Å². The molecule has 0 saturated heterocycles. The number of halogens is 1.